The Morgan fingerprint density at radius 1 is 1.14 bits per heavy atom. The molecule has 180 valence electrons. The minimum atomic E-state index is -0.252. The molecule has 35 heavy (non-hydrogen) atoms. The van der Waals surface area contributed by atoms with Gasteiger partial charge >= 0.3 is 5.97 Å². The summed E-state index contributed by atoms with van der Waals surface area (Å²) in [4.78, 5) is 37.7. The zero-order valence-electron chi connectivity index (χ0n) is 19.0. The highest BCUT2D eigenvalue weighted by molar-refractivity contribution is 5.92. The number of carbonyl (C=O) groups excluding carboxylic acids is 2. The fourth-order valence-corrected chi connectivity index (χ4v) is 4.85. The molecule has 1 aromatic carbocycles. The lowest BCUT2D eigenvalue weighted by Gasteiger charge is -2.46. The van der Waals surface area contributed by atoms with Gasteiger partial charge in [0.1, 0.15) is 6.33 Å². The Labute approximate surface area is 200 Å². The number of aromatic nitrogens is 6. The van der Waals surface area contributed by atoms with E-state index in [0.717, 1.165) is 30.6 Å². The highest BCUT2D eigenvalue weighted by atomic mass is 16.5. The summed E-state index contributed by atoms with van der Waals surface area (Å²) in [6.07, 6.45) is 5.44. The third-order valence-electron chi connectivity index (χ3n) is 6.78. The molecule has 3 aromatic rings. The molecule has 0 aliphatic carbocycles. The lowest BCUT2D eigenvalue weighted by atomic mass is 9.96. The number of benzene rings is 1. The Balaban J connectivity index is 1.05. The van der Waals surface area contributed by atoms with Crippen LogP contribution in [0.3, 0.4) is 0 Å². The standard InChI is InChI=1S/C23H24N8O4/c32-22(8-17-9-25-21(10-24-17)31-14-26-27-28-31)30-5-4-29-12-20(35-13-18(29)11-30)16-1-2-19-15(7-16)3-6-34-23(19)33/h1-2,7,9-10,14,18,20H,3-6,8,11-13H2. The largest absolute Gasteiger partial charge is 0.462 e. The minimum Gasteiger partial charge on any atom is -0.462 e. The number of cyclic esters (lactones) is 1. The van der Waals surface area contributed by atoms with Gasteiger partial charge in [-0.3, -0.25) is 14.7 Å². The number of hydrogen-bond acceptors (Lipinski definition) is 10. The van der Waals surface area contributed by atoms with E-state index in [1.165, 1.54) is 11.0 Å². The van der Waals surface area contributed by atoms with Crippen molar-refractivity contribution in [3.05, 3.63) is 59.3 Å². The Kier molecular flexibility index (Phi) is 5.66. The summed E-state index contributed by atoms with van der Waals surface area (Å²) in [6.45, 7) is 3.81. The fraction of sp³-hybridized carbons (Fsp3) is 0.435. The smallest absolute Gasteiger partial charge is 0.338 e. The number of nitrogens with zero attached hydrogens (tertiary/aromatic N) is 8. The Morgan fingerprint density at radius 2 is 2.09 bits per heavy atom. The zero-order chi connectivity index (χ0) is 23.8. The lowest BCUT2D eigenvalue weighted by Crippen LogP contribution is -2.59. The number of carbonyl (C=O) groups is 2. The number of rotatable bonds is 4. The average molecular weight is 476 g/mol. The highest BCUT2D eigenvalue weighted by Crippen LogP contribution is 2.29. The van der Waals surface area contributed by atoms with Crippen LogP contribution in [0.15, 0.2) is 36.9 Å². The van der Waals surface area contributed by atoms with Crippen LogP contribution in [-0.4, -0.2) is 97.3 Å². The van der Waals surface area contributed by atoms with Crippen molar-refractivity contribution in [2.24, 2.45) is 0 Å². The molecular formula is C23H24N8O4. The van der Waals surface area contributed by atoms with E-state index in [1.54, 1.807) is 12.4 Å². The third-order valence-corrected chi connectivity index (χ3v) is 6.78. The van der Waals surface area contributed by atoms with Crippen molar-refractivity contribution in [2.75, 3.05) is 39.4 Å². The van der Waals surface area contributed by atoms with Gasteiger partial charge in [-0.05, 0) is 27.6 Å². The van der Waals surface area contributed by atoms with Gasteiger partial charge < -0.3 is 14.4 Å². The second-order valence-corrected chi connectivity index (χ2v) is 8.91. The second kappa shape index (κ2) is 9.12. The fourth-order valence-electron chi connectivity index (χ4n) is 4.85. The quantitative estimate of drug-likeness (QED) is 0.474. The average Bonchev–Trinajstić information content (AvgIpc) is 3.43. The van der Waals surface area contributed by atoms with Crippen LogP contribution >= 0.6 is 0 Å². The topological polar surface area (TPSA) is 128 Å². The van der Waals surface area contributed by atoms with E-state index < -0.39 is 0 Å². The van der Waals surface area contributed by atoms with E-state index in [9.17, 15) is 9.59 Å². The normalized spacial score (nSPS) is 22.3. The summed E-state index contributed by atoms with van der Waals surface area (Å²) < 4.78 is 12.7. The summed E-state index contributed by atoms with van der Waals surface area (Å²) in [5.41, 5.74) is 3.36. The Morgan fingerprint density at radius 3 is 2.91 bits per heavy atom. The summed E-state index contributed by atoms with van der Waals surface area (Å²) in [6, 6.07) is 6.04. The summed E-state index contributed by atoms with van der Waals surface area (Å²) >= 11 is 0. The molecule has 6 rings (SSSR count). The monoisotopic (exact) mass is 476 g/mol. The first-order valence-corrected chi connectivity index (χ1v) is 11.6. The molecule has 2 aromatic heterocycles. The summed E-state index contributed by atoms with van der Waals surface area (Å²) in [5, 5.41) is 10.9. The third kappa shape index (κ3) is 4.37. The van der Waals surface area contributed by atoms with Crippen LogP contribution in [0.1, 0.15) is 33.3 Å². The molecule has 3 aliphatic heterocycles. The molecule has 1 amide bonds. The van der Waals surface area contributed by atoms with Crippen LogP contribution in [0.2, 0.25) is 0 Å². The van der Waals surface area contributed by atoms with E-state index in [2.05, 4.69) is 36.5 Å². The first-order valence-electron chi connectivity index (χ1n) is 11.6. The van der Waals surface area contributed by atoms with Crippen molar-refractivity contribution in [3.8, 4) is 5.82 Å². The Hall–Kier alpha value is -3.77. The molecule has 2 fully saturated rings. The van der Waals surface area contributed by atoms with Gasteiger partial charge in [0.15, 0.2) is 5.82 Å². The van der Waals surface area contributed by atoms with Crippen molar-refractivity contribution in [3.63, 3.8) is 0 Å². The second-order valence-electron chi connectivity index (χ2n) is 8.91. The van der Waals surface area contributed by atoms with Gasteiger partial charge in [0.25, 0.3) is 0 Å². The first-order chi connectivity index (χ1) is 17.1. The van der Waals surface area contributed by atoms with Crippen LogP contribution in [-0.2, 0) is 27.1 Å². The number of hydrogen-bond donors (Lipinski definition) is 0. The molecule has 5 heterocycles. The van der Waals surface area contributed by atoms with Crippen LogP contribution in [0, 0.1) is 0 Å². The van der Waals surface area contributed by atoms with Crippen LogP contribution in [0.25, 0.3) is 5.82 Å². The number of ether oxygens (including phenoxy) is 2. The molecule has 12 nitrogen and oxygen atoms in total. The molecule has 0 radical (unpaired) electrons. The van der Waals surface area contributed by atoms with Gasteiger partial charge in [-0.15, -0.1) is 5.10 Å². The molecule has 0 saturated carbocycles. The van der Waals surface area contributed by atoms with Crippen molar-refractivity contribution in [1.82, 2.24) is 40.0 Å². The molecule has 0 bridgehead atoms. The van der Waals surface area contributed by atoms with Gasteiger partial charge in [-0.2, -0.15) is 4.68 Å². The predicted molar refractivity (Wildman–Crippen MR) is 120 cm³/mol. The molecule has 2 saturated heterocycles. The number of esters is 1. The van der Waals surface area contributed by atoms with E-state index in [4.69, 9.17) is 9.47 Å². The molecule has 2 unspecified atom stereocenters. The number of morpholine rings is 1. The minimum absolute atomic E-state index is 0.0258. The summed E-state index contributed by atoms with van der Waals surface area (Å²) in [7, 11) is 0. The van der Waals surface area contributed by atoms with Crippen molar-refractivity contribution in [1.29, 1.82) is 0 Å². The molecule has 0 N–H and O–H groups in total. The van der Waals surface area contributed by atoms with Gasteiger partial charge in [0.2, 0.25) is 5.91 Å². The van der Waals surface area contributed by atoms with E-state index in [-0.39, 0.29) is 30.4 Å². The molecule has 0 spiro atoms. The van der Waals surface area contributed by atoms with Gasteiger partial charge in [-0.25, -0.2) is 9.78 Å². The molecule has 12 heteroatoms. The molecule has 2 atom stereocenters. The maximum atomic E-state index is 12.9. The highest BCUT2D eigenvalue weighted by Gasteiger charge is 2.36. The van der Waals surface area contributed by atoms with Gasteiger partial charge in [0, 0.05) is 32.6 Å². The summed E-state index contributed by atoms with van der Waals surface area (Å²) in [5.74, 6) is 0.267. The maximum Gasteiger partial charge on any atom is 0.338 e. The van der Waals surface area contributed by atoms with Crippen molar-refractivity contribution in [2.45, 2.75) is 25.0 Å². The van der Waals surface area contributed by atoms with E-state index in [0.29, 0.717) is 43.4 Å². The number of piperazine rings is 1. The first kappa shape index (κ1) is 21.7. The van der Waals surface area contributed by atoms with Gasteiger partial charge in [0.05, 0.1) is 55.4 Å². The van der Waals surface area contributed by atoms with Crippen molar-refractivity contribution < 1.29 is 19.1 Å². The lowest BCUT2D eigenvalue weighted by molar-refractivity contribution is -0.139. The number of amides is 1. The van der Waals surface area contributed by atoms with Crippen molar-refractivity contribution >= 4 is 11.9 Å². The van der Waals surface area contributed by atoms with Crippen LogP contribution in [0.4, 0.5) is 0 Å². The van der Waals surface area contributed by atoms with Crippen LogP contribution in [0.5, 0.6) is 0 Å². The Bertz CT molecular complexity index is 1230. The zero-order valence-corrected chi connectivity index (χ0v) is 19.0. The van der Waals surface area contributed by atoms with E-state index >= 15 is 0 Å². The molecular weight excluding hydrogens is 452 g/mol. The maximum absolute atomic E-state index is 12.9. The van der Waals surface area contributed by atoms with Gasteiger partial charge in [-0.1, -0.05) is 12.1 Å². The van der Waals surface area contributed by atoms with E-state index in [1.807, 2.05) is 17.0 Å². The number of tetrazole rings is 1. The molecule has 3 aliphatic rings. The SMILES string of the molecule is O=C1OCCc2cc(C3CN4CCN(C(=O)Cc5cnc(-n6cnnn6)cn5)CC4CO3)ccc21. The van der Waals surface area contributed by atoms with Crippen LogP contribution < -0.4 is 0 Å². The number of fused-ring (bicyclic) bond motifs is 2. The predicted octanol–water partition coefficient (Wildman–Crippen LogP) is -0.00800.